The molecule has 0 spiro atoms. The van der Waals surface area contributed by atoms with Crippen molar-refractivity contribution in [2.45, 2.75) is 19.9 Å². The van der Waals surface area contributed by atoms with Crippen LogP contribution in [-0.4, -0.2) is 23.9 Å². The van der Waals surface area contributed by atoms with Gasteiger partial charge in [0, 0.05) is 16.0 Å². The van der Waals surface area contributed by atoms with E-state index in [0.29, 0.717) is 18.4 Å². The Hall–Kier alpha value is -0.740. The highest BCUT2D eigenvalue weighted by molar-refractivity contribution is 9.10. The topological polar surface area (TPSA) is 41.6 Å². The van der Waals surface area contributed by atoms with Crippen molar-refractivity contribution in [2.24, 2.45) is 16.6 Å². The molecular weight excluding hydrogens is 314 g/mol. The standard InChI is InChI=1S/C13H17BrClN3/c1-8(2)7-18-12(6-17-13(18)16)10-5-9(15)3-4-11(10)14/h3-5,8,12H,6-7H2,1-2H3,(H2,16,17). The van der Waals surface area contributed by atoms with E-state index in [1.165, 1.54) is 0 Å². The van der Waals surface area contributed by atoms with Gasteiger partial charge in [-0.3, -0.25) is 4.99 Å². The minimum Gasteiger partial charge on any atom is -0.370 e. The third kappa shape index (κ3) is 2.81. The molecule has 1 atom stereocenters. The summed E-state index contributed by atoms with van der Waals surface area (Å²) < 4.78 is 1.05. The summed E-state index contributed by atoms with van der Waals surface area (Å²) in [7, 11) is 0. The number of nitrogens with two attached hydrogens (primary N) is 1. The van der Waals surface area contributed by atoms with E-state index in [1.807, 2.05) is 18.2 Å². The second-order valence-electron chi connectivity index (χ2n) is 4.93. The lowest BCUT2D eigenvalue weighted by Gasteiger charge is -2.28. The van der Waals surface area contributed by atoms with E-state index >= 15 is 0 Å². The molecule has 2 rings (SSSR count). The molecule has 1 unspecified atom stereocenters. The first kappa shape index (κ1) is 13.7. The van der Waals surface area contributed by atoms with Gasteiger partial charge in [0.05, 0.1) is 12.6 Å². The second-order valence-corrected chi connectivity index (χ2v) is 6.22. The Morgan fingerprint density at radius 3 is 2.94 bits per heavy atom. The number of nitrogens with zero attached hydrogens (tertiary/aromatic N) is 2. The normalized spacial score (nSPS) is 19.5. The van der Waals surface area contributed by atoms with E-state index in [2.05, 4.69) is 39.7 Å². The molecular formula is C13H17BrClN3. The van der Waals surface area contributed by atoms with Crippen LogP contribution >= 0.6 is 27.5 Å². The summed E-state index contributed by atoms with van der Waals surface area (Å²) in [4.78, 5) is 6.51. The van der Waals surface area contributed by atoms with Gasteiger partial charge in [-0.25, -0.2) is 0 Å². The molecule has 18 heavy (non-hydrogen) atoms. The van der Waals surface area contributed by atoms with Gasteiger partial charge in [-0.1, -0.05) is 41.4 Å². The first-order valence-corrected chi connectivity index (χ1v) is 7.17. The average Bonchev–Trinajstić information content (AvgIpc) is 2.64. The van der Waals surface area contributed by atoms with Gasteiger partial charge in [-0.15, -0.1) is 0 Å². The van der Waals surface area contributed by atoms with Gasteiger partial charge >= 0.3 is 0 Å². The van der Waals surface area contributed by atoms with Crippen LogP contribution in [0.1, 0.15) is 25.5 Å². The van der Waals surface area contributed by atoms with Crippen molar-refractivity contribution >= 4 is 33.5 Å². The van der Waals surface area contributed by atoms with E-state index in [1.54, 1.807) is 0 Å². The Bertz CT molecular complexity index is 473. The molecule has 2 N–H and O–H groups in total. The number of hydrogen-bond acceptors (Lipinski definition) is 3. The fourth-order valence-electron chi connectivity index (χ4n) is 2.18. The van der Waals surface area contributed by atoms with Gasteiger partial charge in [-0.05, 0) is 29.7 Å². The van der Waals surface area contributed by atoms with Crippen molar-refractivity contribution in [3.63, 3.8) is 0 Å². The summed E-state index contributed by atoms with van der Waals surface area (Å²) in [6.07, 6.45) is 0. The lowest BCUT2D eigenvalue weighted by Crippen LogP contribution is -2.38. The van der Waals surface area contributed by atoms with Crippen LogP contribution < -0.4 is 5.73 Å². The van der Waals surface area contributed by atoms with Crippen LogP contribution in [0.15, 0.2) is 27.7 Å². The number of guanidine groups is 1. The summed E-state index contributed by atoms with van der Waals surface area (Å²) in [5, 5.41) is 0.739. The Balaban J connectivity index is 2.30. The van der Waals surface area contributed by atoms with E-state index in [0.717, 1.165) is 21.6 Å². The fraction of sp³-hybridized carbons (Fsp3) is 0.462. The van der Waals surface area contributed by atoms with Crippen LogP contribution in [0.25, 0.3) is 0 Å². The summed E-state index contributed by atoms with van der Waals surface area (Å²) in [5.74, 6) is 1.16. The van der Waals surface area contributed by atoms with Crippen LogP contribution in [0.2, 0.25) is 5.02 Å². The summed E-state index contributed by atoms with van der Waals surface area (Å²) in [6, 6.07) is 6.01. The van der Waals surface area contributed by atoms with Crippen molar-refractivity contribution in [3.8, 4) is 0 Å². The highest BCUT2D eigenvalue weighted by Crippen LogP contribution is 2.33. The third-order valence-electron chi connectivity index (χ3n) is 2.98. The van der Waals surface area contributed by atoms with Gasteiger partial charge in [0.2, 0.25) is 0 Å². The van der Waals surface area contributed by atoms with Gasteiger partial charge in [0.1, 0.15) is 0 Å². The molecule has 3 nitrogen and oxygen atoms in total. The number of hydrogen-bond donors (Lipinski definition) is 1. The molecule has 1 aliphatic rings. The smallest absolute Gasteiger partial charge is 0.191 e. The highest BCUT2D eigenvalue weighted by atomic mass is 79.9. The molecule has 1 aromatic rings. The predicted octanol–water partition coefficient (Wildman–Crippen LogP) is 3.43. The highest BCUT2D eigenvalue weighted by Gasteiger charge is 2.29. The van der Waals surface area contributed by atoms with Crippen LogP contribution in [0.3, 0.4) is 0 Å². The van der Waals surface area contributed by atoms with Crippen LogP contribution in [-0.2, 0) is 0 Å². The zero-order valence-electron chi connectivity index (χ0n) is 10.5. The SMILES string of the molecule is CC(C)CN1C(N)=NCC1c1cc(Cl)ccc1Br. The third-order valence-corrected chi connectivity index (χ3v) is 3.93. The molecule has 1 aromatic carbocycles. The minimum absolute atomic E-state index is 0.181. The fourth-order valence-corrected chi connectivity index (χ4v) is 2.87. The first-order chi connectivity index (χ1) is 8.49. The molecule has 0 saturated heterocycles. The molecule has 1 heterocycles. The van der Waals surface area contributed by atoms with Crippen LogP contribution in [0.5, 0.6) is 0 Å². The Labute approximate surface area is 121 Å². The molecule has 98 valence electrons. The first-order valence-electron chi connectivity index (χ1n) is 6.00. The van der Waals surface area contributed by atoms with E-state index in [9.17, 15) is 0 Å². The maximum atomic E-state index is 6.08. The molecule has 0 aliphatic carbocycles. The van der Waals surface area contributed by atoms with E-state index in [4.69, 9.17) is 17.3 Å². The lowest BCUT2D eigenvalue weighted by molar-refractivity contribution is 0.308. The summed E-state index contributed by atoms with van der Waals surface area (Å²) in [6.45, 7) is 5.95. The summed E-state index contributed by atoms with van der Waals surface area (Å²) >= 11 is 9.65. The average molecular weight is 331 g/mol. The van der Waals surface area contributed by atoms with Crippen molar-refractivity contribution in [1.29, 1.82) is 0 Å². The molecule has 0 amide bonds. The molecule has 0 radical (unpaired) electrons. The molecule has 0 aromatic heterocycles. The lowest BCUT2D eigenvalue weighted by atomic mass is 10.1. The van der Waals surface area contributed by atoms with Crippen LogP contribution in [0.4, 0.5) is 0 Å². The zero-order chi connectivity index (χ0) is 13.3. The molecule has 0 saturated carbocycles. The molecule has 5 heteroatoms. The Morgan fingerprint density at radius 1 is 1.56 bits per heavy atom. The molecule has 0 bridgehead atoms. The maximum absolute atomic E-state index is 6.08. The van der Waals surface area contributed by atoms with Gasteiger partial charge < -0.3 is 10.6 Å². The van der Waals surface area contributed by atoms with Crippen LogP contribution in [0, 0.1) is 5.92 Å². The van der Waals surface area contributed by atoms with Gasteiger partial charge in [0.15, 0.2) is 5.96 Å². The number of rotatable bonds is 3. The van der Waals surface area contributed by atoms with Crippen molar-refractivity contribution < 1.29 is 0 Å². The maximum Gasteiger partial charge on any atom is 0.191 e. The van der Waals surface area contributed by atoms with Crippen molar-refractivity contribution in [2.75, 3.05) is 13.1 Å². The quantitative estimate of drug-likeness (QED) is 0.922. The largest absolute Gasteiger partial charge is 0.370 e. The van der Waals surface area contributed by atoms with Gasteiger partial charge in [-0.2, -0.15) is 0 Å². The number of halogens is 2. The second kappa shape index (κ2) is 5.49. The molecule has 1 aliphatic heterocycles. The summed E-state index contributed by atoms with van der Waals surface area (Å²) in [5.41, 5.74) is 7.12. The zero-order valence-corrected chi connectivity index (χ0v) is 12.9. The van der Waals surface area contributed by atoms with Crippen molar-refractivity contribution in [1.82, 2.24) is 4.90 Å². The number of aliphatic imine (C=N–C) groups is 1. The monoisotopic (exact) mass is 329 g/mol. The Morgan fingerprint density at radius 2 is 2.28 bits per heavy atom. The predicted molar refractivity (Wildman–Crippen MR) is 79.9 cm³/mol. The number of benzene rings is 1. The minimum atomic E-state index is 0.181. The molecule has 0 fully saturated rings. The van der Waals surface area contributed by atoms with Crippen molar-refractivity contribution in [3.05, 3.63) is 33.3 Å². The van der Waals surface area contributed by atoms with Gasteiger partial charge in [0.25, 0.3) is 0 Å². The van der Waals surface area contributed by atoms with E-state index in [-0.39, 0.29) is 6.04 Å². The van der Waals surface area contributed by atoms with E-state index < -0.39 is 0 Å². The Kier molecular flexibility index (Phi) is 4.17.